The molecule has 0 aliphatic carbocycles. The first-order chi connectivity index (χ1) is 5.77. The highest BCUT2D eigenvalue weighted by atomic mass is 16.6. The van der Waals surface area contributed by atoms with Gasteiger partial charge in [-0.25, -0.2) is 0 Å². The lowest BCUT2D eigenvalue weighted by atomic mass is 9.90. The zero-order valence-corrected chi connectivity index (χ0v) is 7.29. The zero-order valence-electron chi connectivity index (χ0n) is 7.29. The number of carbonyl (C=O) groups is 1. The highest BCUT2D eigenvalue weighted by molar-refractivity contribution is 5.70. The van der Waals surface area contributed by atoms with E-state index in [9.17, 15) is 4.79 Å². The van der Waals surface area contributed by atoms with Gasteiger partial charge >= 0.3 is 5.97 Å². The summed E-state index contributed by atoms with van der Waals surface area (Å²) < 4.78 is 10.8. The molecule has 0 saturated carbocycles. The fourth-order valence-electron chi connectivity index (χ4n) is 1.94. The second kappa shape index (κ2) is 3.05. The van der Waals surface area contributed by atoms with Crippen molar-refractivity contribution < 1.29 is 14.3 Å². The molecule has 0 spiro atoms. The molecule has 0 amide bonds. The Balaban J connectivity index is 2.05. The maximum atomic E-state index is 11.0. The van der Waals surface area contributed by atoms with E-state index in [1.165, 1.54) is 0 Å². The summed E-state index contributed by atoms with van der Waals surface area (Å²) in [6.07, 6.45) is 2.57. The van der Waals surface area contributed by atoms with Crippen molar-refractivity contribution in [1.82, 2.24) is 0 Å². The summed E-state index contributed by atoms with van der Waals surface area (Å²) >= 11 is 0. The second-order valence-electron chi connectivity index (χ2n) is 3.67. The van der Waals surface area contributed by atoms with Crippen LogP contribution in [0.4, 0.5) is 0 Å². The van der Waals surface area contributed by atoms with Gasteiger partial charge in [0.2, 0.25) is 0 Å². The molecule has 0 radical (unpaired) electrons. The predicted molar refractivity (Wildman–Crippen MR) is 42.6 cm³/mol. The van der Waals surface area contributed by atoms with Gasteiger partial charge in [0.25, 0.3) is 0 Å². The van der Waals surface area contributed by atoms with E-state index >= 15 is 0 Å². The van der Waals surface area contributed by atoms with Gasteiger partial charge in [-0.3, -0.25) is 4.79 Å². The van der Waals surface area contributed by atoms with Crippen molar-refractivity contribution in [2.45, 2.75) is 38.4 Å². The van der Waals surface area contributed by atoms with Crippen LogP contribution >= 0.6 is 0 Å². The van der Waals surface area contributed by atoms with E-state index in [0.29, 0.717) is 12.3 Å². The Morgan fingerprint density at radius 3 is 3.08 bits per heavy atom. The molecule has 0 aromatic carbocycles. The van der Waals surface area contributed by atoms with E-state index < -0.39 is 0 Å². The first kappa shape index (κ1) is 8.05. The topological polar surface area (TPSA) is 35.5 Å². The molecule has 2 saturated heterocycles. The molecule has 3 atom stereocenters. The number of fused-ring (bicyclic) bond motifs is 1. The molecule has 2 rings (SSSR count). The lowest BCUT2D eigenvalue weighted by molar-refractivity contribution is -0.184. The molecule has 3 unspecified atom stereocenters. The normalized spacial score (nSPS) is 41.8. The molecule has 2 fully saturated rings. The number of esters is 1. The largest absolute Gasteiger partial charge is 0.459 e. The van der Waals surface area contributed by atoms with Gasteiger partial charge in [-0.05, 0) is 18.8 Å². The van der Waals surface area contributed by atoms with Crippen molar-refractivity contribution in [1.29, 1.82) is 0 Å². The molecule has 2 aliphatic rings. The van der Waals surface area contributed by atoms with E-state index in [4.69, 9.17) is 9.47 Å². The Kier molecular flexibility index (Phi) is 2.05. The number of rotatable bonds is 0. The maximum absolute atomic E-state index is 11.0. The summed E-state index contributed by atoms with van der Waals surface area (Å²) in [6.45, 7) is 2.94. The molecule has 0 N–H and O–H groups in total. The zero-order chi connectivity index (χ0) is 8.55. The molecule has 0 bridgehead atoms. The Labute approximate surface area is 72.0 Å². The Hall–Kier alpha value is -0.570. The average molecular weight is 170 g/mol. The van der Waals surface area contributed by atoms with E-state index in [1.54, 1.807) is 0 Å². The monoisotopic (exact) mass is 170 g/mol. The van der Waals surface area contributed by atoms with Crippen LogP contribution in [-0.4, -0.2) is 24.8 Å². The molecular weight excluding hydrogens is 156 g/mol. The standard InChI is InChI=1S/C9H14O3/c1-6-4-5-11-7-2-3-8(10)12-9(6)7/h6-7,9H,2-5H2,1H3. The van der Waals surface area contributed by atoms with Crippen molar-refractivity contribution in [3.63, 3.8) is 0 Å². The van der Waals surface area contributed by atoms with Crippen LogP contribution in [0, 0.1) is 5.92 Å². The molecule has 2 heterocycles. The fourth-order valence-corrected chi connectivity index (χ4v) is 1.94. The molecule has 12 heavy (non-hydrogen) atoms. The van der Waals surface area contributed by atoms with Crippen molar-refractivity contribution in [3.05, 3.63) is 0 Å². The van der Waals surface area contributed by atoms with Crippen molar-refractivity contribution in [2.24, 2.45) is 5.92 Å². The third kappa shape index (κ3) is 1.33. The summed E-state index contributed by atoms with van der Waals surface area (Å²) in [5, 5.41) is 0. The Morgan fingerprint density at radius 1 is 1.42 bits per heavy atom. The molecule has 0 aromatic heterocycles. The van der Waals surface area contributed by atoms with Crippen molar-refractivity contribution >= 4 is 5.97 Å². The highest BCUT2D eigenvalue weighted by Gasteiger charge is 2.37. The summed E-state index contributed by atoms with van der Waals surface area (Å²) in [7, 11) is 0. The minimum absolute atomic E-state index is 0.0278. The number of hydrogen-bond donors (Lipinski definition) is 0. The van der Waals surface area contributed by atoms with Crippen LogP contribution in [0.1, 0.15) is 26.2 Å². The van der Waals surface area contributed by atoms with Crippen molar-refractivity contribution in [3.8, 4) is 0 Å². The van der Waals surface area contributed by atoms with Crippen LogP contribution in [0.15, 0.2) is 0 Å². The SMILES string of the molecule is CC1CCOC2CCC(=O)OC12. The highest BCUT2D eigenvalue weighted by Crippen LogP contribution is 2.29. The summed E-state index contributed by atoms with van der Waals surface area (Å²) in [5.74, 6) is 0.404. The predicted octanol–water partition coefficient (Wildman–Crippen LogP) is 1.12. The van der Waals surface area contributed by atoms with Crippen LogP contribution in [0.3, 0.4) is 0 Å². The van der Waals surface area contributed by atoms with Gasteiger partial charge in [-0.2, -0.15) is 0 Å². The van der Waals surface area contributed by atoms with Gasteiger partial charge in [0.05, 0.1) is 6.10 Å². The van der Waals surface area contributed by atoms with Crippen molar-refractivity contribution in [2.75, 3.05) is 6.61 Å². The summed E-state index contributed by atoms with van der Waals surface area (Å²) in [5.41, 5.74) is 0. The van der Waals surface area contributed by atoms with E-state index in [0.717, 1.165) is 19.4 Å². The van der Waals surface area contributed by atoms with Gasteiger partial charge < -0.3 is 9.47 Å². The Bertz CT molecular complexity index is 190. The van der Waals surface area contributed by atoms with Gasteiger partial charge in [-0.1, -0.05) is 6.92 Å². The molecule has 3 nitrogen and oxygen atoms in total. The van der Waals surface area contributed by atoms with Crippen LogP contribution in [0.25, 0.3) is 0 Å². The van der Waals surface area contributed by atoms with E-state index in [-0.39, 0.29) is 18.2 Å². The van der Waals surface area contributed by atoms with E-state index in [2.05, 4.69) is 6.92 Å². The number of hydrogen-bond acceptors (Lipinski definition) is 3. The molecule has 3 heteroatoms. The van der Waals surface area contributed by atoms with Crippen LogP contribution in [-0.2, 0) is 14.3 Å². The third-order valence-corrected chi connectivity index (χ3v) is 2.73. The lowest BCUT2D eigenvalue weighted by Crippen LogP contribution is -2.46. The second-order valence-corrected chi connectivity index (χ2v) is 3.67. The third-order valence-electron chi connectivity index (χ3n) is 2.73. The minimum atomic E-state index is -0.0615. The van der Waals surface area contributed by atoms with Crippen LogP contribution in [0.5, 0.6) is 0 Å². The smallest absolute Gasteiger partial charge is 0.306 e. The Morgan fingerprint density at radius 2 is 2.25 bits per heavy atom. The van der Waals surface area contributed by atoms with Crippen LogP contribution < -0.4 is 0 Å². The van der Waals surface area contributed by atoms with Gasteiger partial charge in [0, 0.05) is 13.0 Å². The molecule has 0 aromatic rings. The van der Waals surface area contributed by atoms with Crippen LogP contribution in [0.2, 0.25) is 0 Å². The number of carbonyl (C=O) groups excluding carboxylic acids is 1. The fraction of sp³-hybridized carbons (Fsp3) is 0.889. The maximum Gasteiger partial charge on any atom is 0.306 e. The quantitative estimate of drug-likeness (QED) is 0.511. The number of ether oxygens (including phenoxy) is 2. The first-order valence-electron chi connectivity index (χ1n) is 4.58. The molecule has 68 valence electrons. The molecular formula is C9H14O3. The van der Waals surface area contributed by atoms with Gasteiger partial charge in [0.1, 0.15) is 6.10 Å². The minimum Gasteiger partial charge on any atom is -0.459 e. The first-order valence-corrected chi connectivity index (χ1v) is 4.58. The molecule has 2 aliphatic heterocycles. The van der Waals surface area contributed by atoms with Gasteiger partial charge in [0.15, 0.2) is 0 Å². The summed E-state index contributed by atoms with van der Waals surface area (Å²) in [6, 6.07) is 0. The van der Waals surface area contributed by atoms with Gasteiger partial charge in [-0.15, -0.1) is 0 Å². The van der Waals surface area contributed by atoms with E-state index in [1.807, 2.05) is 0 Å². The summed E-state index contributed by atoms with van der Waals surface area (Å²) in [4.78, 5) is 11.0. The lowest BCUT2D eigenvalue weighted by Gasteiger charge is -2.38. The average Bonchev–Trinajstić information content (AvgIpc) is 2.07.